The zero-order valence-electron chi connectivity index (χ0n) is 16.7. The molecular formula is C19H26N6O2S. The van der Waals surface area contributed by atoms with Gasteiger partial charge in [0.25, 0.3) is 5.91 Å². The molecule has 28 heavy (non-hydrogen) atoms. The lowest BCUT2D eigenvalue weighted by molar-refractivity contribution is -0.128. The number of nitrogens with one attached hydrogen (secondary N) is 1. The largest absolute Gasteiger partial charge is 0.373 e. The van der Waals surface area contributed by atoms with Crippen LogP contribution in [0.1, 0.15) is 59.1 Å². The molecule has 2 aromatic heterocycles. The fourth-order valence-corrected chi connectivity index (χ4v) is 4.07. The Morgan fingerprint density at radius 1 is 1.36 bits per heavy atom. The molecule has 0 saturated carbocycles. The van der Waals surface area contributed by atoms with Crippen LogP contribution in [0.5, 0.6) is 0 Å². The molecule has 1 atom stereocenters. The molecule has 1 saturated heterocycles. The summed E-state index contributed by atoms with van der Waals surface area (Å²) in [7, 11) is 3.54. The number of rotatable bonds is 5. The summed E-state index contributed by atoms with van der Waals surface area (Å²) >= 11 is 1.37. The van der Waals surface area contributed by atoms with Gasteiger partial charge in [-0.2, -0.15) is 0 Å². The summed E-state index contributed by atoms with van der Waals surface area (Å²) in [4.78, 5) is 42.5. The van der Waals surface area contributed by atoms with Crippen molar-refractivity contribution in [3.63, 3.8) is 0 Å². The number of hydrogen-bond acceptors (Lipinski definition) is 7. The highest BCUT2D eigenvalue weighted by Gasteiger charge is 2.32. The maximum absolute atomic E-state index is 13.1. The smallest absolute Gasteiger partial charge is 0.266 e. The number of aryl methyl sites for hydroxylation is 1. The molecule has 0 aliphatic carbocycles. The first kappa shape index (κ1) is 20.2. The Bertz CT molecular complexity index is 868. The van der Waals surface area contributed by atoms with Gasteiger partial charge in [0.15, 0.2) is 5.82 Å². The fraction of sp³-hybridized carbons (Fsp3) is 0.526. The van der Waals surface area contributed by atoms with Crippen LogP contribution in [0.4, 0.5) is 5.82 Å². The second-order valence-corrected chi connectivity index (χ2v) is 7.86. The highest BCUT2D eigenvalue weighted by molar-refractivity contribution is 7.11. The normalized spacial score (nSPS) is 16.7. The molecule has 150 valence electrons. The molecule has 0 bridgehead atoms. The summed E-state index contributed by atoms with van der Waals surface area (Å²) in [5.41, 5.74) is 3.21. The summed E-state index contributed by atoms with van der Waals surface area (Å²) in [5.74, 6) is 1.27. The zero-order valence-corrected chi connectivity index (χ0v) is 17.5. The van der Waals surface area contributed by atoms with Crippen LogP contribution in [0.2, 0.25) is 0 Å². The molecule has 2 aromatic rings. The molecule has 8 nitrogen and oxygen atoms in total. The van der Waals surface area contributed by atoms with Gasteiger partial charge in [-0.25, -0.2) is 15.0 Å². The van der Waals surface area contributed by atoms with E-state index in [1.54, 1.807) is 24.5 Å². The van der Waals surface area contributed by atoms with Crippen molar-refractivity contribution in [2.75, 3.05) is 26.0 Å². The lowest BCUT2D eigenvalue weighted by Gasteiger charge is -2.35. The second kappa shape index (κ2) is 8.64. The maximum Gasteiger partial charge on any atom is 0.266 e. The Labute approximate surface area is 169 Å². The Kier molecular flexibility index (Phi) is 6.23. The van der Waals surface area contributed by atoms with Crippen molar-refractivity contribution in [3.05, 3.63) is 33.7 Å². The Morgan fingerprint density at radius 2 is 2.14 bits per heavy atom. The quantitative estimate of drug-likeness (QED) is 0.827. The Balaban J connectivity index is 1.93. The van der Waals surface area contributed by atoms with Gasteiger partial charge in [-0.3, -0.25) is 9.59 Å². The lowest BCUT2D eigenvalue weighted by Crippen LogP contribution is -2.39. The lowest BCUT2D eigenvalue weighted by atomic mass is 10.0. The predicted molar refractivity (Wildman–Crippen MR) is 108 cm³/mol. The fourth-order valence-electron chi connectivity index (χ4n) is 3.31. The molecule has 1 unspecified atom stereocenters. The van der Waals surface area contributed by atoms with Gasteiger partial charge >= 0.3 is 0 Å². The van der Waals surface area contributed by atoms with E-state index in [4.69, 9.17) is 4.98 Å². The average molecular weight is 403 g/mol. The van der Waals surface area contributed by atoms with Crippen LogP contribution in [0.15, 0.2) is 11.6 Å². The number of carbonyl (C=O) groups is 2. The minimum atomic E-state index is -0.183. The Hall–Kier alpha value is -2.55. The van der Waals surface area contributed by atoms with Gasteiger partial charge in [-0.1, -0.05) is 0 Å². The number of hydrogen-bond donors (Lipinski definition) is 1. The number of thiazole rings is 1. The summed E-state index contributed by atoms with van der Waals surface area (Å²) in [5, 5.41) is 3.06. The molecule has 1 N–H and O–H groups in total. The molecular weight excluding hydrogens is 376 g/mol. The number of likely N-dealkylation sites (tertiary alicyclic amines) is 1. The molecule has 9 heteroatoms. The van der Waals surface area contributed by atoms with Crippen LogP contribution >= 0.6 is 11.3 Å². The van der Waals surface area contributed by atoms with Crippen LogP contribution in [0.25, 0.3) is 0 Å². The first-order valence-corrected chi connectivity index (χ1v) is 10.3. The number of nitrogens with zero attached hydrogens (tertiary/aromatic N) is 5. The van der Waals surface area contributed by atoms with Gasteiger partial charge in [0.05, 0.1) is 29.5 Å². The number of anilines is 1. The molecule has 0 spiro atoms. The number of piperidine rings is 1. The summed E-state index contributed by atoms with van der Waals surface area (Å²) in [6.07, 6.45) is 2.80. The standard InChI is InChI=1S/C19H26N6O2S/c1-12-17(28-11-21-12)19(27)25-8-6-5-7-15(25)18-22-14(9-16(20-3)23-18)10-24(4)13(2)26/h9,11,15H,5-8,10H2,1-4H3,(H,20,22,23). The molecule has 3 rings (SSSR count). The third-order valence-corrected chi connectivity index (χ3v) is 5.91. The summed E-state index contributed by atoms with van der Waals surface area (Å²) < 4.78 is 0. The van der Waals surface area contributed by atoms with Gasteiger partial charge < -0.3 is 15.1 Å². The third-order valence-electron chi connectivity index (χ3n) is 4.99. The highest BCUT2D eigenvalue weighted by atomic mass is 32.1. The number of amides is 2. The summed E-state index contributed by atoms with van der Waals surface area (Å²) in [6, 6.07) is 1.66. The molecule has 1 fully saturated rings. The third kappa shape index (κ3) is 4.30. The van der Waals surface area contributed by atoms with E-state index < -0.39 is 0 Å². The minimum absolute atomic E-state index is 0.00874. The van der Waals surface area contributed by atoms with E-state index in [1.165, 1.54) is 18.3 Å². The van der Waals surface area contributed by atoms with E-state index in [2.05, 4.69) is 15.3 Å². The number of aromatic nitrogens is 3. The molecule has 2 amide bonds. The van der Waals surface area contributed by atoms with Crippen molar-refractivity contribution in [3.8, 4) is 0 Å². The first-order valence-electron chi connectivity index (χ1n) is 9.39. The number of carbonyl (C=O) groups excluding carboxylic acids is 2. The minimum Gasteiger partial charge on any atom is -0.373 e. The van der Waals surface area contributed by atoms with Crippen LogP contribution < -0.4 is 5.32 Å². The first-order chi connectivity index (χ1) is 13.4. The van der Waals surface area contributed by atoms with Crippen molar-refractivity contribution >= 4 is 29.0 Å². The van der Waals surface area contributed by atoms with Crippen molar-refractivity contribution in [1.29, 1.82) is 0 Å². The van der Waals surface area contributed by atoms with Crippen molar-refractivity contribution in [2.24, 2.45) is 0 Å². The van der Waals surface area contributed by atoms with Crippen LogP contribution in [-0.4, -0.2) is 57.2 Å². The Morgan fingerprint density at radius 3 is 2.79 bits per heavy atom. The average Bonchev–Trinajstić information content (AvgIpc) is 3.12. The van der Waals surface area contributed by atoms with Crippen molar-refractivity contribution < 1.29 is 9.59 Å². The SMILES string of the molecule is CNc1cc(CN(C)C(C)=O)nc(C2CCCCN2C(=O)c2scnc2C)n1. The van der Waals surface area contributed by atoms with Crippen LogP contribution in [-0.2, 0) is 11.3 Å². The van der Waals surface area contributed by atoms with Gasteiger partial charge in [-0.15, -0.1) is 11.3 Å². The topological polar surface area (TPSA) is 91.3 Å². The maximum atomic E-state index is 13.1. The molecule has 0 aromatic carbocycles. The van der Waals surface area contributed by atoms with E-state index in [0.29, 0.717) is 29.6 Å². The highest BCUT2D eigenvalue weighted by Crippen LogP contribution is 2.32. The van der Waals surface area contributed by atoms with Crippen molar-refractivity contribution in [2.45, 2.75) is 45.7 Å². The molecule has 3 heterocycles. The second-order valence-electron chi connectivity index (χ2n) is 7.00. The van der Waals surface area contributed by atoms with Crippen molar-refractivity contribution in [1.82, 2.24) is 24.8 Å². The zero-order chi connectivity index (χ0) is 20.3. The van der Waals surface area contributed by atoms with E-state index in [0.717, 1.165) is 30.7 Å². The van der Waals surface area contributed by atoms with E-state index in [-0.39, 0.29) is 17.9 Å². The molecule has 1 aliphatic rings. The van der Waals surface area contributed by atoms with Gasteiger partial charge in [0.2, 0.25) is 5.91 Å². The summed E-state index contributed by atoms with van der Waals surface area (Å²) in [6.45, 7) is 4.46. The van der Waals surface area contributed by atoms with Gasteiger partial charge in [0.1, 0.15) is 10.7 Å². The van der Waals surface area contributed by atoms with E-state index in [9.17, 15) is 9.59 Å². The molecule has 0 radical (unpaired) electrons. The predicted octanol–water partition coefficient (Wildman–Crippen LogP) is 2.63. The van der Waals surface area contributed by atoms with E-state index in [1.807, 2.05) is 17.9 Å². The monoisotopic (exact) mass is 402 g/mol. The van der Waals surface area contributed by atoms with E-state index >= 15 is 0 Å². The van der Waals surface area contributed by atoms with Gasteiger partial charge in [-0.05, 0) is 26.2 Å². The van der Waals surface area contributed by atoms with Crippen LogP contribution in [0.3, 0.4) is 0 Å². The van der Waals surface area contributed by atoms with Gasteiger partial charge in [0, 0.05) is 33.6 Å². The molecule has 1 aliphatic heterocycles. The van der Waals surface area contributed by atoms with Crippen LogP contribution in [0, 0.1) is 6.92 Å².